The molecule has 1 aromatic rings. The highest BCUT2D eigenvalue weighted by Gasteiger charge is 2.17. The SMILES string of the molecule is CCC(CCO)CNC(=O)c1sc(NC(C)C)nc1N. The van der Waals surface area contributed by atoms with Gasteiger partial charge in [0.25, 0.3) is 5.91 Å². The van der Waals surface area contributed by atoms with Crippen LogP contribution in [-0.2, 0) is 0 Å². The number of aliphatic hydroxyl groups excluding tert-OH is 1. The summed E-state index contributed by atoms with van der Waals surface area (Å²) >= 11 is 1.26. The maximum Gasteiger partial charge on any atom is 0.265 e. The van der Waals surface area contributed by atoms with Crippen LogP contribution in [-0.4, -0.2) is 35.2 Å². The Morgan fingerprint density at radius 2 is 2.20 bits per heavy atom. The van der Waals surface area contributed by atoms with Gasteiger partial charge in [-0.3, -0.25) is 4.79 Å². The first-order chi connectivity index (χ1) is 9.47. The number of nitrogens with zero attached hydrogens (tertiary/aromatic N) is 1. The lowest BCUT2D eigenvalue weighted by molar-refractivity contribution is 0.0948. The first kappa shape index (κ1) is 16.7. The first-order valence-corrected chi connectivity index (χ1v) is 7.71. The van der Waals surface area contributed by atoms with E-state index in [2.05, 4.69) is 15.6 Å². The summed E-state index contributed by atoms with van der Waals surface area (Å²) in [4.78, 5) is 16.7. The van der Waals surface area contributed by atoms with Crippen molar-refractivity contribution in [2.24, 2.45) is 5.92 Å². The van der Waals surface area contributed by atoms with Gasteiger partial charge >= 0.3 is 0 Å². The van der Waals surface area contributed by atoms with E-state index in [9.17, 15) is 4.79 Å². The van der Waals surface area contributed by atoms with Crippen molar-refractivity contribution in [1.29, 1.82) is 0 Å². The lowest BCUT2D eigenvalue weighted by atomic mass is 10.0. The third-order valence-corrected chi connectivity index (χ3v) is 3.94. The van der Waals surface area contributed by atoms with Crippen LogP contribution in [0.2, 0.25) is 0 Å². The number of nitrogens with one attached hydrogen (secondary N) is 2. The minimum Gasteiger partial charge on any atom is -0.396 e. The second-order valence-electron chi connectivity index (χ2n) is 5.03. The Morgan fingerprint density at radius 1 is 1.50 bits per heavy atom. The predicted octanol–water partition coefficient (Wildman–Crippen LogP) is 1.68. The van der Waals surface area contributed by atoms with Gasteiger partial charge in [-0.2, -0.15) is 0 Å². The second kappa shape index (κ2) is 8.06. The predicted molar refractivity (Wildman–Crippen MR) is 83.1 cm³/mol. The van der Waals surface area contributed by atoms with Gasteiger partial charge in [0.15, 0.2) is 5.13 Å². The van der Waals surface area contributed by atoms with Crippen molar-refractivity contribution in [2.45, 2.75) is 39.7 Å². The van der Waals surface area contributed by atoms with E-state index in [4.69, 9.17) is 10.8 Å². The number of hydrogen-bond donors (Lipinski definition) is 4. The lowest BCUT2D eigenvalue weighted by Gasteiger charge is -2.13. The van der Waals surface area contributed by atoms with E-state index in [1.807, 2.05) is 20.8 Å². The van der Waals surface area contributed by atoms with Gasteiger partial charge in [-0.05, 0) is 26.2 Å². The van der Waals surface area contributed by atoms with Crippen molar-refractivity contribution in [3.8, 4) is 0 Å². The number of rotatable bonds is 8. The summed E-state index contributed by atoms with van der Waals surface area (Å²) in [6, 6.07) is 0.241. The average Bonchev–Trinajstić information content (AvgIpc) is 2.74. The van der Waals surface area contributed by atoms with E-state index in [-0.39, 0.29) is 30.3 Å². The van der Waals surface area contributed by atoms with Crippen molar-refractivity contribution in [1.82, 2.24) is 10.3 Å². The fraction of sp³-hybridized carbons (Fsp3) is 0.692. The van der Waals surface area contributed by atoms with Crippen LogP contribution in [0.1, 0.15) is 43.3 Å². The van der Waals surface area contributed by atoms with E-state index < -0.39 is 0 Å². The molecule has 1 rings (SSSR count). The maximum atomic E-state index is 12.1. The molecule has 0 spiro atoms. The molecule has 0 aliphatic heterocycles. The molecule has 5 N–H and O–H groups in total. The number of nitrogens with two attached hydrogens (primary N) is 1. The van der Waals surface area contributed by atoms with Crippen LogP contribution in [0.25, 0.3) is 0 Å². The molecule has 7 heteroatoms. The molecule has 1 aromatic heterocycles. The number of aliphatic hydroxyl groups is 1. The molecular weight excluding hydrogens is 276 g/mol. The minimum absolute atomic E-state index is 0.138. The number of nitrogen functional groups attached to an aromatic ring is 1. The van der Waals surface area contributed by atoms with Crippen LogP contribution >= 0.6 is 11.3 Å². The Kier molecular flexibility index (Phi) is 6.74. The van der Waals surface area contributed by atoms with Crippen LogP contribution in [0.15, 0.2) is 0 Å². The quantitative estimate of drug-likeness (QED) is 0.585. The van der Waals surface area contributed by atoms with E-state index in [0.29, 0.717) is 23.0 Å². The molecule has 1 amide bonds. The van der Waals surface area contributed by atoms with Crippen molar-refractivity contribution >= 4 is 28.2 Å². The Labute approximate surface area is 123 Å². The summed E-state index contributed by atoms with van der Waals surface area (Å²) in [5.41, 5.74) is 5.77. The largest absolute Gasteiger partial charge is 0.396 e. The van der Waals surface area contributed by atoms with Crippen molar-refractivity contribution < 1.29 is 9.90 Å². The third kappa shape index (κ3) is 4.97. The normalized spacial score (nSPS) is 12.4. The van der Waals surface area contributed by atoms with E-state index >= 15 is 0 Å². The molecule has 0 aliphatic carbocycles. The van der Waals surface area contributed by atoms with Crippen molar-refractivity contribution in [3.63, 3.8) is 0 Å². The number of carbonyl (C=O) groups is 1. The molecule has 1 unspecified atom stereocenters. The highest BCUT2D eigenvalue weighted by atomic mass is 32.1. The zero-order valence-electron chi connectivity index (χ0n) is 12.3. The molecule has 0 aliphatic rings. The van der Waals surface area contributed by atoms with Crippen LogP contribution in [0.4, 0.5) is 10.9 Å². The standard InChI is InChI=1S/C13H24N4O2S/c1-4-9(5-6-18)7-15-12(19)10-11(14)17-13(20-10)16-8(2)3/h8-9,18H,4-7,14H2,1-3H3,(H,15,19)(H,16,17). The molecule has 0 radical (unpaired) electrons. The summed E-state index contributed by atoms with van der Waals surface area (Å²) < 4.78 is 0. The monoisotopic (exact) mass is 300 g/mol. The van der Waals surface area contributed by atoms with Gasteiger partial charge in [-0.15, -0.1) is 0 Å². The number of aromatic nitrogens is 1. The van der Waals surface area contributed by atoms with Gasteiger partial charge in [0.05, 0.1) is 0 Å². The average molecular weight is 300 g/mol. The molecule has 0 aromatic carbocycles. The first-order valence-electron chi connectivity index (χ1n) is 6.89. The second-order valence-corrected chi connectivity index (χ2v) is 6.03. The Balaban J connectivity index is 2.61. The van der Waals surface area contributed by atoms with E-state index in [0.717, 1.165) is 6.42 Å². The highest BCUT2D eigenvalue weighted by molar-refractivity contribution is 7.18. The zero-order chi connectivity index (χ0) is 15.1. The summed E-state index contributed by atoms with van der Waals surface area (Å²) in [6.45, 7) is 6.72. The van der Waals surface area contributed by atoms with Gasteiger partial charge in [0.2, 0.25) is 0 Å². The Hall–Kier alpha value is -1.34. The van der Waals surface area contributed by atoms with Gasteiger partial charge in [-0.25, -0.2) is 4.98 Å². The van der Waals surface area contributed by atoms with Crippen LogP contribution in [0.3, 0.4) is 0 Å². The smallest absolute Gasteiger partial charge is 0.265 e. The third-order valence-electron chi connectivity index (χ3n) is 2.94. The summed E-state index contributed by atoms with van der Waals surface area (Å²) in [5, 5.41) is 15.6. The Morgan fingerprint density at radius 3 is 2.75 bits per heavy atom. The molecule has 1 atom stereocenters. The summed E-state index contributed by atoms with van der Waals surface area (Å²) in [7, 11) is 0. The van der Waals surface area contributed by atoms with Gasteiger partial charge in [-0.1, -0.05) is 24.7 Å². The minimum atomic E-state index is -0.201. The fourth-order valence-corrected chi connectivity index (χ4v) is 2.70. The molecule has 0 bridgehead atoms. The fourth-order valence-electron chi connectivity index (χ4n) is 1.75. The molecular formula is C13H24N4O2S. The molecule has 0 fully saturated rings. The number of amides is 1. The molecule has 6 nitrogen and oxygen atoms in total. The van der Waals surface area contributed by atoms with Crippen LogP contribution in [0.5, 0.6) is 0 Å². The maximum absolute atomic E-state index is 12.1. The molecule has 1 heterocycles. The molecule has 114 valence electrons. The van der Waals surface area contributed by atoms with Crippen LogP contribution < -0.4 is 16.4 Å². The Bertz CT molecular complexity index is 434. The molecule has 20 heavy (non-hydrogen) atoms. The van der Waals surface area contributed by atoms with Crippen LogP contribution in [0, 0.1) is 5.92 Å². The van der Waals surface area contributed by atoms with Crippen molar-refractivity contribution in [2.75, 3.05) is 24.2 Å². The number of thiazole rings is 1. The van der Waals surface area contributed by atoms with Crippen molar-refractivity contribution in [3.05, 3.63) is 4.88 Å². The zero-order valence-corrected chi connectivity index (χ0v) is 13.1. The summed E-state index contributed by atoms with van der Waals surface area (Å²) in [5.74, 6) is 0.338. The van der Waals surface area contributed by atoms with E-state index in [1.165, 1.54) is 11.3 Å². The molecule has 0 saturated heterocycles. The number of hydrogen-bond acceptors (Lipinski definition) is 6. The van der Waals surface area contributed by atoms with Gasteiger partial charge in [0.1, 0.15) is 10.7 Å². The highest BCUT2D eigenvalue weighted by Crippen LogP contribution is 2.25. The molecule has 0 saturated carbocycles. The lowest BCUT2D eigenvalue weighted by Crippen LogP contribution is -2.29. The topological polar surface area (TPSA) is 100 Å². The van der Waals surface area contributed by atoms with Gasteiger partial charge < -0.3 is 21.5 Å². The number of anilines is 2. The summed E-state index contributed by atoms with van der Waals surface area (Å²) in [6.07, 6.45) is 1.61. The van der Waals surface area contributed by atoms with E-state index in [1.54, 1.807) is 0 Å². The van der Waals surface area contributed by atoms with Gasteiger partial charge in [0, 0.05) is 19.2 Å². The number of carbonyl (C=O) groups excluding carboxylic acids is 1.